The largest absolute Gasteiger partial charge is 0.399 e. The first-order chi connectivity index (χ1) is 13.9. The molecule has 0 bridgehead atoms. The number of imidazole rings is 1. The number of nitrogens with zero attached hydrogens (tertiary/aromatic N) is 2. The summed E-state index contributed by atoms with van der Waals surface area (Å²) in [5, 5.41) is 0. The van der Waals surface area contributed by atoms with Crippen molar-refractivity contribution >= 4 is 27.2 Å². The number of fused-ring (bicyclic) bond motifs is 1. The maximum absolute atomic E-state index is 6.56. The fourth-order valence-electron chi connectivity index (χ4n) is 4.02. The Kier molecular flexibility index (Phi) is 4.80. The number of hydrogen-bond acceptors (Lipinski definition) is 3. The van der Waals surface area contributed by atoms with Gasteiger partial charge in [-0.2, -0.15) is 0 Å². The van der Waals surface area contributed by atoms with Gasteiger partial charge in [0.25, 0.3) is 0 Å². The van der Waals surface area contributed by atoms with Crippen LogP contribution in [0.2, 0.25) is 0 Å². The van der Waals surface area contributed by atoms with Crippen molar-refractivity contribution in [3.05, 3.63) is 95.8 Å². The van der Waals surface area contributed by atoms with Gasteiger partial charge in [-0.25, -0.2) is 4.98 Å². The Morgan fingerprint density at radius 1 is 0.828 bits per heavy atom. The van der Waals surface area contributed by atoms with E-state index in [2.05, 4.69) is 79.9 Å². The Morgan fingerprint density at radius 2 is 1.38 bits per heavy atom. The molecule has 0 aliphatic rings. The average Bonchev–Trinajstić information content (AvgIpc) is 3.13. The average molecular weight is 402 g/mol. The van der Waals surface area contributed by atoms with Crippen LogP contribution in [0.15, 0.2) is 78.9 Å². The van der Waals surface area contributed by atoms with Crippen LogP contribution in [0.25, 0.3) is 11.0 Å². The molecule has 0 radical (unpaired) electrons. The first kappa shape index (κ1) is 19.4. The highest BCUT2D eigenvalue weighted by Gasteiger charge is 2.41. The van der Waals surface area contributed by atoms with Crippen LogP contribution in [0.1, 0.15) is 37.7 Å². The van der Waals surface area contributed by atoms with E-state index in [0.29, 0.717) is 16.2 Å². The summed E-state index contributed by atoms with van der Waals surface area (Å²) in [6.45, 7) is 6.53. The summed E-state index contributed by atoms with van der Waals surface area (Å²) in [7, 11) is 0.541. The number of rotatable bonds is 4. The third kappa shape index (κ3) is 3.07. The Labute approximate surface area is 174 Å². The molecule has 1 heterocycles. The lowest BCUT2D eigenvalue weighted by Gasteiger charge is -2.39. The second kappa shape index (κ2) is 7.17. The number of anilines is 1. The van der Waals surface area contributed by atoms with Gasteiger partial charge in [0.1, 0.15) is 21.8 Å². The highest BCUT2D eigenvalue weighted by atomic mass is 28.2. The van der Waals surface area contributed by atoms with E-state index in [1.807, 2.05) is 24.3 Å². The molecule has 1 aromatic heterocycles. The summed E-state index contributed by atoms with van der Waals surface area (Å²) in [6, 6.07) is 26.7. The second-order valence-corrected chi connectivity index (χ2v) is 8.72. The summed E-state index contributed by atoms with van der Waals surface area (Å²) in [5.74, 6) is 0.939. The number of benzene rings is 3. The zero-order chi connectivity index (χ0) is 20.6. The zero-order valence-electron chi connectivity index (χ0n) is 17.4. The lowest BCUT2D eigenvalue weighted by molar-refractivity contribution is 0.0877. The zero-order valence-corrected chi connectivity index (χ0v) is 19.4. The van der Waals surface area contributed by atoms with Crippen LogP contribution in [-0.2, 0) is 15.6 Å². The summed E-state index contributed by atoms with van der Waals surface area (Å²) >= 11 is 0. The van der Waals surface area contributed by atoms with Crippen molar-refractivity contribution in [3.63, 3.8) is 0 Å². The summed E-state index contributed by atoms with van der Waals surface area (Å²) in [5.41, 5.74) is 9.89. The number of aromatic nitrogens is 2. The third-order valence-electron chi connectivity index (χ3n) is 5.33. The van der Waals surface area contributed by atoms with E-state index >= 15 is 0 Å². The molecule has 4 rings (SSSR count). The van der Waals surface area contributed by atoms with Crippen LogP contribution >= 0.6 is 0 Å². The van der Waals surface area contributed by atoms with Crippen molar-refractivity contribution in [2.45, 2.75) is 31.9 Å². The highest BCUT2D eigenvalue weighted by molar-refractivity contribution is 5.99. The minimum absolute atomic E-state index is 0.208. The van der Waals surface area contributed by atoms with Gasteiger partial charge in [0, 0.05) is 16.5 Å². The van der Waals surface area contributed by atoms with Crippen molar-refractivity contribution in [1.82, 2.24) is 9.55 Å². The van der Waals surface area contributed by atoms with Crippen molar-refractivity contribution in [2.24, 2.45) is 0 Å². The topological polar surface area (TPSA) is 53.1 Å². The molecule has 0 aliphatic heterocycles. The van der Waals surface area contributed by atoms with Gasteiger partial charge in [-0.1, -0.05) is 87.5 Å². The van der Waals surface area contributed by atoms with Gasteiger partial charge in [0.15, 0.2) is 5.72 Å². The number of nitrogens with two attached hydrogens (primary N) is 1. The molecule has 148 valence electrons. The maximum atomic E-state index is 6.56. The molecule has 4 nitrogen and oxygen atoms in total. The van der Waals surface area contributed by atoms with E-state index < -0.39 is 5.72 Å². The molecule has 29 heavy (non-hydrogen) atoms. The van der Waals surface area contributed by atoms with Crippen LogP contribution in [-0.4, -0.2) is 20.0 Å². The van der Waals surface area contributed by atoms with Crippen molar-refractivity contribution in [1.29, 1.82) is 0 Å². The van der Waals surface area contributed by atoms with Crippen molar-refractivity contribution < 1.29 is 4.43 Å². The number of hydrogen-bond donors (Lipinski definition) is 1. The van der Waals surface area contributed by atoms with E-state index in [1.165, 1.54) is 0 Å². The number of para-hydroxylation sites is 1. The van der Waals surface area contributed by atoms with E-state index in [1.54, 1.807) is 0 Å². The predicted octanol–water partition coefficient (Wildman–Crippen LogP) is 3.96. The molecule has 5 heteroatoms. The molecule has 2 N–H and O–H groups in total. The lowest BCUT2D eigenvalue weighted by atomic mass is 9.90. The molecule has 0 aliphatic carbocycles. The van der Waals surface area contributed by atoms with E-state index in [9.17, 15) is 0 Å². The maximum Gasteiger partial charge on any atom is 0.189 e. The molecule has 0 spiro atoms. The lowest BCUT2D eigenvalue weighted by Crippen LogP contribution is -2.41. The quantitative estimate of drug-likeness (QED) is 0.416. The normalized spacial score (nSPS) is 12.5. The van der Waals surface area contributed by atoms with Gasteiger partial charge < -0.3 is 10.2 Å². The molecule has 0 fully saturated rings. The number of nitrogen functional groups attached to an aromatic ring is 1. The molecule has 3 aromatic carbocycles. The Bertz CT molecular complexity index is 1090. The van der Waals surface area contributed by atoms with Gasteiger partial charge in [0.2, 0.25) is 0 Å². The smallest absolute Gasteiger partial charge is 0.189 e. The third-order valence-corrected chi connectivity index (χ3v) is 5.92. The highest BCUT2D eigenvalue weighted by Crippen LogP contribution is 2.41. The molecular weight excluding hydrogens is 374 g/mol. The Morgan fingerprint density at radius 3 is 1.86 bits per heavy atom. The van der Waals surface area contributed by atoms with Crippen LogP contribution in [0.5, 0.6) is 0 Å². The van der Waals surface area contributed by atoms with Gasteiger partial charge in [0.05, 0.1) is 11.2 Å². The van der Waals surface area contributed by atoms with Gasteiger partial charge in [-0.15, -0.1) is 0 Å². The molecular formula is C24H27N3OSi. The molecule has 4 aromatic rings. The van der Waals surface area contributed by atoms with Crippen LogP contribution < -0.4 is 5.73 Å². The summed E-state index contributed by atoms with van der Waals surface area (Å²) in [4.78, 5) is 5.02. The van der Waals surface area contributed by atoms with Gasteiger partial charge in [-0.3, -0.25) is 4.57 Å². The summed E-state index contributed by atoms with van der Waals surface area (Å²) < 4.78 is 8.81. The Balaban J connectivity index is 2.21. The molecule has 0 unspecified atom stereocenters. The molecule has 0 saturated carbocycles. The minimum atomic E-state index is -0.820. The van der Waals surface area contributed by atoms with Crippen LogP contribution in [0.4, 0.5) is 5.69 Å². The van der Waals surface area contributed by atoms with Crippen molar-refractivity contribution in [2.75, 3.05) is 5.73 Å². The fraction of sp³-hybridized carbons (Fsp3) is 0.208. The Hall–Kier alpha value is -2.89. The summed E-state index contributed by atoms with van der Waals surface area (Å²) in [6.07, 6.45) is 0. The van der Waals surface area contributed by atoms with Crippen LogP contribution in [0, 0.1) is 0 Å². The monoisotopic (exact) mass is 401 g/mol. The standard InChI is InChI=1S/C24H27N3OSi/c1-23(2,3)22-26-21-19(25)15-10-16-20(21)27(22)24(28-29,17-11-6-4-7-12-17)18-13-8-5-9-14-18/h4-16H,25H2,1-3,29H3. The van der Waals surface area contributed by atoms with Crippen molar-refractivity contribution in [3.8, 4) is 0 Å². The molecule has 0 atom stereocenters. The fourth-order valence-corrected chi connectivity index (χ4v) is 4.68. The molecule has 0 saturated heterocycles. The first-order valence-corrected chi connectivity index (χ1v) is 10.7. The van der Waals surface area contributed by atoms with Gasteiger partial charge >= 0.3 is 0 Å². The van der Waals surface area contributed by atoms with E-state index in [4.69, 9.17) is 15.1 Å². The van der Waals surface area contributed by atoms with Crippen LogP contribution in [0.3, 0.4) is 0 Å². The second-order valence-electron chi connectivity index (χ2n) is 8.32. The van der Waals surface area contributed by atoms with E-state index in [-0.39, 0.29) is 5.41 Å². The molecule has 0 amide bonds. The van der Waals surface area contributed by atoms with E-state index in [0.717, 1.165) is 28.0 Å². The minimum Gasteiger partial charge on any atom is -0.399 e. The first-order valence-electron chi connectivity index (χ1n) is 9.83. The van der Waals surface area contributed by atoms with Gasteiger partial charge in [-0.05, 0) is 12.1 Å². The SMILES string of the molecule is CC(C)(C)c1nc2c(N)cccc2n1C(O[SiH3])(c1ccccc1)c1ccccc1. The predicted molar refractivity (Wildman–Crippen MR) is 123 cm³/mol.